The quantitative estimate of drug-likeness (QED) is 0.0708. The number of rotatable bonds is 12. The van der Waals surface area contributed by atoms with Gasteiger partial charge in [0, 0.05) is 12.9 Å². The summed E-state index contributed by atoms with van der Waals surface area (Å²) in [4.78, 5) is 67.2. The maximum absolute atomic E-state index is 12.9. The van der Waals surface area contributed by atoms with Crippen LogP contribution in [0.1, 0.15) is 13.8 Å². The molecule has 13 nitrogen and oxygen atoms in total. The van der Waals surface area contributed by atoms with Gasteiger partial charge in [-0.15, -0.1) is 23.4 Å². The number of hydrogen-bond donors (Lipinski definition) is 1. The Hall–Kier alpha value is -2.84. The second-order valence-electron chi connectivity index (χ2n) is 6.54. The number of hydrogen-bond acceptors (Lipinski definition) is 12. The van der Waals surface area contributed by atoms with Crippen LogP contribution in [0.5, 0.6) is 0 Å². The van der Waals surface area contributed by atoms with Gasteiger partial charge < -0.3 is 29.1 Å². The number of carbonyl (C=O) groups is 5. The predicted molar refractivity (Wildman–Crippen MR) is 118 cm³/mol. The average Bonchev–Trinajstić information content (AvgIpc) is 2.82. The molecule has 0 aliphatic carbocycles. The first-order chi connectivity index (χ1) is 16.3. The van der Waals surface area contributed by atoms with Crippen LogP contribution < -0.4 is 5.32 Å². The zero-order valence-electron chi connectivity index (χ0n) is 18.7. The molecule has 2 aliphatic rings. The molecule has 0 bridgehead atoms. The third-order valence-electron chi connectivity index (χ3n) is 4.36. The van der Waals surface area contributed by atoms with Crippen LogP contribution in [0.15, 0.2) is 16.4 Å². The lowest BCUT2D eigenvalue weighted by molar-refractivity contribution is -0.157. The summed E-state index contributed by atoms with van der Waals surface area (Å²) >= 11 is 6.79. The number of Topliss-reactive ketones (excluding diaryl/α,β-unsaturated/α-hetero) is 1. The Balaban J connectivity index is 2.14. The Kier molecular flexibility index (Phi) is 10.6. The number of halogens is 1. The first-order valence-electron chi connectivity index (χ1n) is 10.0. The molecule has 2 atom stereocenters. The molecule has 0 spiro atoms. The van der Waals surface area contributed by atoms with E-state index in [2.05, 4.69) is 19.9 Å². The molecule has 2 aliphatic heterocycles. The molecule has 0 saturated carbocycles. The lowest BCUT2D eigenvalue weighted by Crippen LogP contribution is -2.71. The first kappa shape index (κ1) is 27.4. The second kappa shape index (κ2) is 13.2. The fourth-order valence-corrected chi connectivity index (χ4v) is 4.39. The highest BCUT2D eigenvalue weighted by atomic mass is 35.5. The summed E-state index contributed by atoms with van der Waals surface area (Å²) in [6.07, 6.45) is -1.02. The van der Waals surface area contributed by atoms with Crippen molar-refractivity contribution < 1.29 is 47.8 Å². The van der Waals surface area contributed by atoms with Gasteiger partial charge in [-0.3, -0.25) is 19.3 Å². The van der Waals surface area contributed by atoms with Gasteiger partial charge in [-0.1, -0.05) is 5.16 Å². The molecule has 0 aromatic rings. The van der Waals surface area contributed by atoms with Gasteiger partial charge in [-0.05, 0) is 19.4 Å². The number of oxime groups is 1. The standard InChI is InChI=1S/C19H24ClN3O10S/c1-4-30-19(28)32-9-31-18(27)14-10(7-29-3)8-34-17-13(16(26)23(14)17)21-15(25)12(11(24)6-20)22-33-5-2/h13,17H,4-9H2,1-3H3,(H,21,25)/t13?,17-/m0/s1. The molecule has 2 rings (SSSR count). The van der Waals surface area contributed by atoms with Crippen molar-refractivity contribution in [2.45, 2.75) is 25.3 Å². The van der Waals surface area contributed by atoms with E-state index in [1.807, 2.05) is 0 Å². The van der Waals surface area contributed by atoms with Crippen LogP contribution in [0.2, 0.25) is 0 Å². The molecular formula is C19H24ClN3O10S. The van der Waals surface area contributed by atoms with Crippen LogP contribution in [-0.4, -0.2) is 97.1 Å². The van der Waals surface area contributed by atoms with Crippen molar-refractivity contribution in [1.82, 2.24) is 10.2 Å². The zero-order chi connectivity index (χ0) is 25.3. The largest absolute Gasteiger partial charge is 0.511 e. The molecule has 2 heterocycles. The normalized spacial score (nSPS) is 19.6. The molecule has 0 aromatic heterocycles. The van der Waals surface area contributed by atoms with Crippen molar-refractivity contribution in [3.8, 4) is 0 Å². The Bertz CT molecular complexity index is 894. The van der Waals surface area contributed by atoms with E-state index in [4.69, 9.17) is 25.9 Å². The molecule has 34 heavy (non-hydrogen) atoms. The molecule has 1 fully saturated rings. The SMILES string of the molecule is CCON=C(C(=O)CCl)C(=O)NC1C(=O)N2C(C(=O)OCOC(=O)OCC)=C(COC)CS[C@@H]12. The monoisotopic (exact) mass is 521 g/mol. The number of thioether (sulfide) groups is 1. The smallest absolute Gasteiger partial charge is 0.435 e. The summed E-state index contributed by atoms with van der Waals surface area (Å²) in [6.45, 7) is 2.70. The molecule has 2 amide bonds. The molecule has 0 aromatic carbocycles. The lowest BCUT2D eigenvalue weighted by atomic mass is 10.0. The van der Waals surface area contributed by atoms with E-state index in [1.54, 1.807) is 13.8 Å². The van der Waals surface area contributed by atoms with Gasteiger partial charge in [0.1, 0.15) is 23.7 Å². The van der Waals surface area contributed by atoms with Gasteiger partial charge in [0.2, 0.25) is 18.3 Å². The second-order valence-corrected chi connectivity index (χ2v) is 7.91. The molecule has 0 radical (unpaired) electrons. The Morgan fingerprint density at radius 1 is 1.18 bits per heavy atom. The van der Waals surface area contributed by atoms with Crippen molar-refractivity contribution >= 4 is 58.8 Å². The number of fused-ring (bicyclic) bond motifs is 1. The number of β-lactam (4-membered cyclic amide) rings is 1. The van der Waals surface area contributed by atoms with Crippen LogP contribution in [0.4, 0.5) is 4.79 Å². The highest BCUT2D eigenvalue weighted by Gasteiger charge is 2.54. The minimum absolute atomic E-state index is 0.0408. The molecule has 1 saturated heterocycles. The summed E-state index contributed by atoms with van der Waals surface area (Å²) < 4.78 is 19.3. The van der Waals surface area contributed by atoms with Gasteiger partial charge >= 0.3 is 12.1 Å². The summed E-state index contributed by atoms with van der Waals surface area (Å²) in [7, 11) is 1.42. The summed E-state index contributed by atoms with van der Waals surface area (Å²) in [6, 6.07) is -1.05. The number of alkyl halides is 1. The number of nitrogens with one attached hydrogen (secondary N) is 1. The van der Waals surface area contributed by atoms with Crippen LogP contribution >= 0.6 is 23.4 Å². The molecular weight excluding hydrogens is 498 g/mol. The average molecular weight is 522 g/mol. The van der Waals surface area contributed by atoms with E-state index < -0.39 is 59.5 Å². The van der Waals surface area contributed by atoms with Crippen LogP contribution in [0, 0.1) is 0 Å². The number of carbonyl (C=O) groups excluding carboxylic acids is 5. The minimum atomic E-state index is -1.05. The van der Waals surface area contributed by atoms with Gasteiger partial charge in [-0.2, -0.15) is 0 Å². The number of methoxy groups -OCH3 is 1. The van der Waals surface area contributed by atoms with Gasteiger partial charge in [0.15, 0.2) is 0 Å². The fourth-order valence-electron chi connectivity index (χ4n) is 2.94. The Morgan fingerprint density at radius 2 is 1.91 bits per heavy atom. The van der Waals surface area contributed by atoms with Crippen LogP contribution in [-0.2, 0) is 43.0 Å². The van der Waals surface area contributed by atoms with Crippen molar-refractivity contribution in [2.75, 3.05) is 45.4 Å². The summed E-state index contributed by atoms with van der Waals surface area (Å²) in [5.41, 5.74) is -0.178. The maximum Gasteiger partial charge on any atom is 0.511 e. The van der Waals surface area contributed by atoms with Crippen LogP contribution in [0.3, 0.4) is 0 Å². The topological polar surface area (TPSA) is 159 Å². The minimum Gasteiger partial charge on any atom is -0.435 e. The Labute approximate surface area is 204 Å². The van der Waals surface area contributed by atoms with E-state index in [1.165, 1.54) is 18.9 Å². The third-order valence-corrected chi connectivity index (χ3v) is 5.94. The molecule has 15 heteroatoms. The fraction of sp³-hybridized carbons (Fsp3) is 0.579. The highest BCUT2D eigenvalue weighted by Crippen LogP contribution is 2.40. The van der Waals surface area contributed by atoms with E-state index in [0.29, 0.717) is 11.3 Å². The zero-order valence-corrected chi connectivity index (χ0v) is 20.2. The number of ether oxygens (including phenoxy) is 4. The molecule has 1 N–H and O–H groups in total. The van der Waals surface area contributed by atoms with Crippen LogP contribution in [0.25, 0.3) is 0 Å². The maximum atomic E-state index is 12.9. The third kappa shape index (κ3) is 6.39. The summed E-state index contributed by atoms with van der Waals surface area (Å²) in [5.74, 6) is -3.47. The van der Waals surface area contributed by atoms with Gasteiger partial charge in [-0.25, -0.2) is 9.59 Å². The number of ketones is 1. The predicted octanol–water partition coefficient (Wildman–Crippen LogP) is 0.161. The molecule has 188 valence electrons. The van der Waals surface area contributed by atoms with Crippen molar-refractivity contribution in [2.24, 2.45) is 5.16 Å². The van der Waals surface area contributed by atoms with Gasteiger partial charge in [0.25, 0.3) is 11.8 Å². The van der Waals surface area contributed by atoms with Crippen molar-refractivity contribution in [3.05, 3.63) is 11.3 Å². The number of amides is 2. The van der Waals surface area contributed by atoms with E-state index in [9.17, 15) is 24.0 Å². The van der Waals surface area contributed by atoms with Crippen molar-refractivity contribution in [3.63, 3.8) is 0 Å². The lowest BCUT2D eigenvalue weighted by Gasteiger charge is -2.49. The molecule has 1 unspecified atom stereocenters. The van der Waals surface area contributed by atoms with Crippen molar-refractivity contribution in [1.29, 1.82) is 0 Å². The Morgan fingerprint density at radius 3 is 2.53 bits per heavy atom. The van der Waals surface area contributed by atoms with Gasteiger partial charge in [0.05, 0.1) is 19.1 Å². The number of nitrogens with zero attached hydrogens (tertiary/aromatic N) is 2. The van der Waals surface area contributed by atoms with E-state index in [-0.39, 0.29) is 25.5 Å². The number of esters is 1. The highest BCUT2D eigenvalue weighted by molar-refractivity contribution is 8.00. The first-order valence-corrected chi connectivity index (χ1v) is 11.6. The van der Waals surface area contributed by atoms with E-state index >= 15 is 0 Å². The summed E-state index contributed by atoms with van der Waals surface area (Å²) in [5, 5.41) is 5.25. The van der Waals surface area contributed by atoms with E-state index in [0.717, 1.165) is 4.90 Å².